The molecule has 0 amide bonds. The first-order valence-electron chi connectivity index (χ1n) is 7.17. The number of benzene rings is 1. The van der Waals surface area contributed by atoms with Gasteiger partial charge in [0.2, 0.25) is 0 Å². The standard InChI is InChI=1S/C16H22N4/c1-11-9-20(10-12(2)19(11)3)16-5-4-15(17)14-8-18-7-6-13(14)16/h4-8,11-12H,9-10,17H2,1-3H3. The van der Waals surface area contributed by atoms with E-state index in [0.717, 1.165) is 24.2 Å². The van der Waals surface area contributed by atoms with Gasteiger partial charge in [-0.1, -0.05) is 0 Å². The second-order valence-electron chi connectivity index (χ2n) is 5.86. The molecule has 2 unspecified atom stereocenters. The summed E-state index contributed by atoms with van der Waals surface area (Å²) in [6, 6.07) is 7.30. The maximum absolute atomic E-state index is 6.06. The molecule has 1 aromatic heterocycles. The molecule has 1 saturated heterocycles. The summed E-state index contributed by atoms with van der Waals surface area (Å²) < 4.78 is 0. The number of nitrogens with two attached hydrogens (primary N) is 1. The fraction of sp³-hybridized carbons (Fsp3) is 0.438. The molecule has 1 fully saturated rings. The number of fused-ring (bicyclic) bond motifs is 1. The van der Waals surface area contributed by atoms with Crippen molar-refractivity contribution < 1.29 is 0 Å². The van der Waals surface area contributed by atoms with Crippen molar-refractivity contribution in [1.29, 1.82) is 0 Å². The summed E-state index contributed by atoms with van der Waals surface area (Å²) in [7, 11) is 2.21. The van der Waals surface area contributed by atoms with Crippen LogP contribution in [0.4, 0.5) is 11.4 Å². The van der Waals surface area contributed by atoms with Crippen molar-refractivity contribution in [3.63, 3.8) is 0 Å². The largest absolute Gasteiger partial charge is 0.398 e. The average Bonchev–Trinajstić information content (AvgIpc) is 2.45. The Morgan fingerprint density at radius 3 is 2.50 bits per heavy atom. The van der Waals surface area contributed by atoms with Crippen LogP contribution in [-0.2, 0) is 0 Å². The topological polar surface area (TPSA) is 45.4 Å². The van der Waals surface area contributed by atoms with Gasteiger partial charge in [0.1, 0.15) is 0 Å². The molecule has 0 bridgehead atoms. The van der Waals surface area contributed by atoms with Crippen LogP contribution in [-0.4, -0.2) is 42.1 Å². The van der Waals surface area contributed by atoms with Gasteiger partial charge in [-0.05, 0) is 39.1 Å². The van der Waals surface area contributed by atoms with Crippen molar-refractivity contribution >= 4 is 22.1 Å². The molecular formula is C16H22N4. The molecule has 106 valence electrons. The lowest BCUT2D eigenvalue weighted by atomic mass is 10.0. The SMILES string of the molecule is CC1CN(c2ccc(N)c3cnccc23)CC(C)N1C. The van der Waals surface area contributed by atoms with Crippen LogP contribution >= 0.6 is 0 Å². The van der Waals surface area contributed by atoms with E-state index in [-0.39, 0.29) is 0 Å². The lowest BCUT2D eigenvalue weighted by molar-refractivity contribution is 0.170. The zero-order chi connectivity index (χ0) is 14.3. The Labute approximate surface area is 120 Å². The summed E-state index contributed by atoms with van der Waals surface area (Å²) in [5, 5.41) is 2.24. The quantitative estimate of drug-likeness (QED) is 0.808. The molecule has 0 radical (unpaired) electrons. The maximum atomic E-state index is 6.06. The van der Waals surface area contributed by atoms with Gasteiger partial charge in [0.25, 0.3) is 0 Å². The van der Waals surface area contributed by atoms with Crippen molar-refractivity contribution in [2.75, 3.05) is 30.8 Å². The molecule has 3 rings (SSSR count). The minimum absolute atomic E-state index is 0.549. The van der Waals surface area contributed by atoms with E-state index in [2.05, 4.69) is 47.8 Å². The highest BCUT2D eigenvalue weighted by atomic mass is 15.3. The fourth-order valence-corrected chi connectivity index (χ4v) is 3.07. The lowest BCUT2D eigenvalue weighted by Gasteiger charge is -2.43. The third-order valence-corrected chi connectivity index (χ3v) is 4.53. The van der Waals surface area contributed by atoms with Crippen LogP contribution in [0.25, 0.3) is 10.8 Å². The summed E-state index contributed by atoms with van der Waals surface area (Å²) >= 11 is 0. The third-order valence-electron chi connectivity index (χ3n) is 4.53. The first-order valence-corrected chi connectivity index (χ1v) is 7.17. The van der Waals surface area contributed by atoms with E-state index in [4.69, 9.17) is 5.73 Å². The second kappa shape index (κ2) is 4.94. The number of anilines is 2. The molecule has 20 heavy (non-hydrogen) atoms. The fourth-order valence-electron chi connectivity index (χ4n) is 3.07. The Morgan fingerprint density at radius 2 is 1.80 bits per heavy atom. The molecule has 1 aromatic carbocycles. The van der Waals surface area contributed by atoms with E-state index in [1.165, 1.54) is 11.1 Å². The molecule has 4 heteroatoms. The molecule has 2 atom stereocenters. The Morgan fingerprint density at radius 1 is 1.10 bits per heavy atom. The highest BCUT2D eigenvalue weighted by Gasteiger charge is 2.27. The first kappa shape index (κ1) is 13.2. The van der Waals surface area contributed by atoms with Crippen LogP contribution in [0.5, 0.6) is 0 Å². The third kappa shape index (κ3) is 2.10. The van der Waals surface area contributed by atoms with Gasteiger partial charge >= 0.3 is 0 Å². The van der Waals surface area contributed by atoms with Gasteiger partial charge < -0.3 is 10.6 Å². The van der Waals surface area contributed by atoms with Crippen LogP contribution in [0.3, 0.4) is 0 Å². The van der Waals surface area contributed by atoms with Gasteiger partial charge in [0.05, 0.1) is 0 Å². The normalized spacial score (nSPS) is 24.2. The van der Waals surface area contributed by atoms with Gasteiger partial charge in [-0.25, -0.2) is 0 Å². The zero-order valence-corrected chi connectivity index (χ0v) is 12.4. The van der Waals surface area contributed by atoms with Crippen molar-refractivity contribution in [1.82, 2.24) is 9.88 Å². The number of pyridine rings is 1. The number of nitrogen functional groups attached to an aromatic ring is 1. The Balaban J connectivity index is 2.05. The summed E-state index contributed by atoms with van der Waals surface area (Å²) in [5.74, 6) is 0. The Hall–Kier alpha value is -1.81. The molecule has 0 spiro atoms. The number of rotatable bonds is 1. The van der Waals surface area contributed by atoms with Gasteiger partial charge in [0.15, 0.2) is 0 Å². The number of hydrogen-bond acceptors (Lipinski definition) is 4. The predicted molar refractivity (Wildman–Crippen MR) is 85.1 cm³/mol. The van der Waals surface area contributed by atoms with Crippen molar-refractivity contribution in [2.45, 2.75) is 25.9 Å². The number of piperazine rings is 1. The van der Waals surface area contributed by atoms with E-state index in [1.54, 1.807) is 0 Å². The van der Waals surface area contributed by atoms with Gasteiger partial charge in [-0.15, -0.1) is 0 Å². The molecule has 1 aliphatic heterocycles. The van der Waals surface area contributed by atoms with Crippen LogP contribution in [0.2, 0.25) is 0 Å². The molecule has 2 aromatic rings. The van der Waals surface area contributed by atoms with Crippen LogP contribution in [0.1, 0.15) is 13.8 Å². The Kier molecular flexibility index (Phi) is 3.26. The minimum Gasteiger partial charge on any atom is -0.398 e. The van der Waals surface area contributed by atoms with Crippen LogP contribution in [0.15, 0.2) is 30.6 Å². The monoisotopic (exact) mass is 270 g/mol. The molecule has 0 aliphatic carbocycles. The smallest absolute Gasteiger partial charge is 0.0449 e. The molecule has 0 saturated carbocycles. The number of hydrogen-bond donors (Lipinski definition) is 1. The zero-order valence-electron chi connectivity index (χ0n) is 12.4. The molecular weight excluding hydrogens is 248 g/mol. The van der Waals surface area contributed by atoms with E-state index in [1.807, 2.05) is 18.5 Å². The van der Waals surface area contributed by atoms with E-state index in [9.17, 15) is 0 Å². The molecule has 2 N–H and O–H groups in total. The molecule has 4 nitrogen and oxygen atoms in total. The summed E-state index contributed by atoms with van der Waals surface area (Å²) in [4.78, 5) is 9.11. The Bertz CT molecular complexity index is 613. The highest BCUT2D eigenvalue weighted by Crippen LogP contribution is 2.32. The summed E-state index contributed by atoms with van der Waals surface area (Å²) in [5.41, 5.74) is 8.13. The number of aromatic nitrogens is 1. The van der Waals surface area contributed by atoms with Crippen molar-refractivity contribution in [2.24, 2.45) is 0 Å². The predicted octanol–water partition coefficient (Wildman–Crippen LogP) is 2.35. The summed E-state index contributed by atoms with van der Waals surface area (Å²) in [6.07, 6.45) is 3.70. The van der Waals surface area contributed by atoms with Gasteiger partial charge in [0, 0.05) is 59.7 Å². The van der Waals surface area contributed by atoms with E-state index >= 15 is 0 Å². The van der Waals surface area contributed by atoms with Crippen LogP contribution in [0, 0.1) is 0 Å². The van der Waals surface area contributed by atoms with E-state index in [0.29, 0.717) is 12.1 Å². The van der Waals surface area contributed by atoms with E-state index < -0.39 is 0 Å². The minimum atomic E-state index is 0.549. The first-order chi connectivity index (χ1) is 9.58. The molecule has 1 aliphatic rings. The van der Waals surface area contributed by atoms with Crippen molar-refractivity contribution in [3.8, 4) is 0 Å². The van der Waals surface area contributed by atoms with Gasteiger partial charge in [-0.2, -0.15) is 0 Å². The van der Waals surface area contributed by atoms with Crippen LogP contribution < -0.4 is 10.6 Å². The second-order valence-corrected chi connectivity index (χ2v) is 5.86. The number of nitrogens with zero attached hydrogens (tertiary/aromatic N) is 3. The van der Waals surface area contributed by atoms with Gasteiger partial charge in [-0.3, -0.25) is 9.88 Å². The summed E-state index contributed by atoms with van der Waals surface area (Å²) in [6.45, 7) is 6.65. The molecule has 2 heterocycles. The maximum Gasteiger partial charge on any atom is 0.0449 e. The number of likely N-dealkylation sites (N-methyl/N-ethyl adjacent to an activating group) is 1. The highest BCUT2D eigenvalue weighted by molar-refractivity contribution is 6.00. The van der Waals surface area contributed by atoms with Crippen molar-refractivity contribution in [3.05, 3.63) is 30.6 Å². The average molecular weight is 270 g/mol. The lowest BCUT2D eigenvalue weighted by Crippen LogP contribution is -2.55.